The number of carbonyl (C=O) groups excluding carboxylic acids is 1. The predicted octanol–water partition coefficient (Wildman–Crippen LogP) is 3.45. The van der Waals surface area contributed by atoms with Gasteiger partial charge in [-0.2, -0.15) is 0 Å². The van der Waals surface area contributed by atoms with Gasteiger partial charge in [0.25, 0.3) is 0 Å². The fourth-order valence-corrected chi connectivity index (χ4v) is 3.11. The Morgan fingerprint density at radius 1 is 1.36 bits per heavy atom. The number of aryl methyl sites for hydroxylation is 1. The standard InChI is InChI=1S/C19H27N3O2S/c1-15(2)13-24-12-6-9-20-18(23)14-25-19-21-10-11-22(19)17-8-5-4-7-16(17)3/h4-5,7-8,10-11,15H,6,9,12-14H2,1-3H3,(H,20,23). The fraction of sp³-hybridized carbons (Fsp3) is 0.474. The van der Waals surface area contributed by atoms with Crippen molar-refractivity contribution in [2.45, 2.75) is 32.3 Å². The number of aromatic nitrogens is 2. The monoisotopic (exact) mass is 361 g/mol. The van der Waals surface area contributed by atoms with Crippen molar-refractivity contribution in [2.75, 3.05) is 25.5 Å². The molecule has 6 heteroatoms. The smallest absolute Gasteiger partial charge is 0.230 e. The van der Waals surface area contributed by atoms with E-state index < -0.39 is 0 Å². The van der Waals surface area contributed by atoms with Crippen LogP contribution >= 0.6 is 11.8 Å². The summed E-state index contributed by atoms with van der Waals surface area (Å²) in [6, 6.07) is 8.14. The van der Waals surface area contributed by atoms with E-state index in [1.165, 1.54) is 17.3 Å². The summed E-state index contributed by atoms with van der Waals surface area (Å²) >= 11 is 1.45. The highest BCUT2D eigenvalue weighted by molar-refractivity contribution is 7.99. The van der Waals surface area contributed by atoms with Gasteiger partial charge >= 0.3 is 0 Å². The topological polar surface area (TPSA) is 56.2 Å². The maximum Gasteiger partial charge on any atom is 0.230 e. The number of nitrogens with zero attached hydrogens (tertiary/aromatic N) is 2. The largest absolute Gasteiger partial charge is 0.381 e. The second kappa shape index (κ2) is 10.3. The maximum atomic E-state index is 12.0. The molecule has 25 heavy (non-hydrogen) atoms. The van der Waals surface area contributed by atoms with Gasteiger partial charge in [0.05, 0.1) is 11.4 Å². The first-order valence-electron chi connectivity index (χ1n) is 8.64. The second-order valence-corrected chi connectivity index (χ2v) is 7.27. The lowest BCUT2D eigenvalue weighted by Crippen LogP contribution is -2.27. The number of para-hydroxylation sites is 1. The molecule has 1 aromatic carbocycles. The van der Waals surface area contributed by atoms with Crippen molar-refractivity contribution < 1.29 is 9.53 Å². The Morgan fingerprint density at radius 2 is 2.16 bits per heavy atom. The normalized spacial score (nSPS) is 11.0. The maximum absolute atomic E-state index is 12.0. The van der Waals surface area contributed by atoms with Crippen molar-refractivity contribution in [3.05, 3.63) is 42.2 Å². The zero-order chi connectivity index (χ0) is 18.1. The summed E-state index contributed by atoms with van der Waals surface area (Å²) in [5.74, 6) is 0.923. The van der Waals surface area contributed by atoms with Gasteiger partial charge < -0.3 is 10.1 Å². The minimum absolute atomic E-state index is 0.0215. The first-order chi connectivity index (χ1) is 12.1. The van der Waals surface area contributed by atoms with Crippen molar-refractivity contribution in [1.82, 2.24) is 14.9 Å². The molecule has 0 fully saturated rings. The van der Waals surface area contributed by atoms with Crippen LogP contribution in [0.2, 0.25) is 0 Å². The van der Waals surface area contributed by atoms with Gasteiger partial charge in [0.1, 0.15) is 0 Å². The minimum Gasteiger partial charge on any atom is -0.381 e. The summed E-state index contributed by atoms with van der Waals surface area (Å²) in [5, 5.41) is 3.75. The van der Waals surface area contributed by atoms with Crippen LogP contribution in [-0.2, 0) is 9.53 Å². The number of thioether (sulfide) groups is 1. The molecule has 0 saturated carbocycles. The molecule has 0 aliphatic heterocycles. The van der Waals surface area contributed by atoms with Gasteiger partial charge in [-0.15, -0.1) is 0 Å². The Bertz CT molecular complexity index is 670. The van der Waals surface area contributed by atoms with E-state index in [-0.39, 0.29) is 5.91 Å². The fourth-order valence-electron chi connectivity index (χ4n) is 2.32. The zero-order valence-electron chi connectivity index (χ0n) is 15.2. The molecule has 136 valence electrons. The minimum atomic E-state index is 0.0215. The van der Waals surface area contributed by atoms with Gasteiger partial charge in [0.2, 0.25) is 5.91 Å². The molecule has 2 rings (SSSR count). The Balaban J connectivity index is 1.74. The lowest BCUT2D eigenvalue weighted by atomic mass is 10.2. The van der Waals surface area contributed by atoms with E-state index in [0.717, 1.165) is 23.9 Å². The van der Waals surface area contributed by atoms with E-state index in [0.29, 0.717) is 24.8 Å². The van der Waals surface area contributed by atoms with Crippen LogP contribution in [0.1, 0.15) is 25.8 Å². The predicted molar refractivity (Wildman–Crippen MR) is 102 cm³/mol. The number of ether oxygens (including phenoxy) is 1. The summed E-state index contributed by atoms with van der Waals surface area (Å²) < 4.78 is 7.52. The number of benzene rings is 1. The first kappa shape index (κ1) is 19.5. The molecule has 0 unspecified atom stereocenters. The lowest BCUT2D eigenvalue weighted by molar-refractivity contribution is -0.118. The Morgan fingerprint density at radius 3 is 2.92 bits per heavy atom. The van der Waals surface area contributed by atoms with Crippen LogP contribution in [0.3, 0.4) is 0 Å². The average Bonchev–Trinajstić information content (AvgIpc) is 3.04. The highest BCUT2D eigenvalue weighted by atomic mass is 32.2. The number of hydrogen-bond donors (Lipinski definition) is 1. The molecule has 0 saturated heterocycles. The molecule has 0 spiro atoms. The lowest BCUT2D eigenvalue weighted by Gasteiger charge is -2.10. The summed E-state index contributed by atoms with van der Waals surface area (Å²) in [5.41, 5.74) is 2.26. The first-order valence-corrected chi connectivity index (χ1v) is 9.63. The van der Waals surface area contributed by atoms with Gasteiger partial charge in [-0.1, -0.05) is 43.8 Å². The summed E-state index contributed by atoms with van der Waals surface area (Å²) in [4.78, 5) is 16.4. The molecule has 0 atom stereocenters. The molecular weight excluding hydrogens is 334 g/mol. The van der Waals surface area contributed by atoms with Crippen molar-refractivity contribution in [1.29, 1.82) is 0 Å². The molecule has 1 aromatic heterocycles. The van der Waals surface area contributed by atoms with Gasteiger partial charge in [0, 0.05) is 32.2 Å². The third kappa shape index (κ3) is 6.55. The quantitative estimate of drug-likeness (QED) is 0.520. The molecule has 1 amide bonds. The van der Waals surface area contributed by atoms with Crippen LogP contribution in [0, 0.1) is 12.8 Å². The van der Waals surface area contributed by atoms with E-state index >= 15 is 0 Å². The van der Waals surface area contributed by atoms with Crippen molar-refractivity contribution in [3.8, 4) is 5.69 Å². The highest BCUT2D eigenvalue weighted by Gasteiger charge is 2.10. The van der Waals surface area contributed by atoms with Crippen LogP contribution in [0.15, 0.2) is 41.8 Å². The third-order valence-corrected chi connectivity index (χ3v) is 4.52. The van der Waals surface area contributed by atoms with Crippen molar-refractivity contribution >= 4 is 17.7 Å². The number of rotatable bonds is 10. The molecule has 2 aromatic rings. The number of amides is 1. The third-order valence-electron chi connectivity index (χ3n) is 3.55. The Kier molecular flexibility index (Phi) is 8.01. The summed E-state index contributed by atoms with van der Waals surface area (Å²) in [6.07, 6.45) is 4.52. The van der Waals surface area contributed by atoms with Crippen LogP contribution in [-0.4, -0.2) is 41.0 Å². The Labute approximate surface area is 154 Å². The molecular formula is C19H27N3O2S. The molecule has 0 bridgehead atoms. The number of hydrogen-bond acceptors (Lipinski definition) is 4. The Hall–Kier alpha value is -1.79. The van der Waals surface area contributed by atoms with E-state index in [4.69, 9.17) is 4.74 Å². The zero-order valence-corrected chi connectivity index (χ0v) is 16.0. The summed E-state index contributed by atoms with van der Waals surface area (Å²) in [7, 11) is 0. The molecule has 0 aliphatic carbocycles. The van der Waals surface area contributed by atoms with E-state index in [1.54, 1.807) is 6.20 Å². The molecule has 1 N–H and O–H groups in total. The number of carbonyl (C=O) groups is 1. The average molecular weight is 362 g/mol. The van der Waals surface area contributed by atoms with Crippen LogP contribution < -0.4 is 5.32 Å². The van der Waals surface area contributed by atoms with Gasteiger partial charge in [0.15, 0.2) is 5.16 Å². The van der Waals surface area contributed by atoms with Gasteiger partial charge in [-0.05, 0) is 30.9 Å². The second-order valence-electron chi connectivity index (χ2n) is 6.33. The molecule has 1 heterocycles. The summed E-state index contributed by atoms with van der Waals surface area (Å²) in [6.45, 7) is 8.41. The number of imidazole rings is 1. The van der Waals surface area contributed by atoms with Crippen LogP contribution in [0.4, 0.5) is 0 Å². The number of nitrogens with one attached hydrogen (secondary N) is 1. The van der Waals surface area contributed by atoms with Gasteiger partial charge in [-0.3, -0.25) is 9.36 Å². The van der Waals surface area contributed by atoms with Crippen LogP contribution in [0.5, 0.6) is 0 Å². The molecule has 5 nitrogen and oxygen atoms in total. The van der Waals surface area contributed by atoms with E-state index in [9.17, 15) is 4.79 Å². The van der Waals surface area contributed by atoms with E-state index in [1.807, 2.05) is 22.9 Å². The SMILES string of the molecule is Cc1ccccc1-n1ccnc1SCC(=O)NCCCOCC(C)C. The van der Waals surface area contributed by atoms with Gasteiger partial charge in [-0.25, -0.2) is 4.98 Å². The van der Waals surface area contributed by atoms with Crippen LogP contribution in [0.25, 0.3) is 5.69 Å². The molecule has 0 aliphatic rings. The van der Waals surface area contributed by atoms with Crippen molar-refractivity contribution in [2.24, 2.45) is 5.92 Å². The molecule has 0 radical (unpaired) electrons. The van der Waals surface area contributed by atoms with E-state index in [2.05, 4.69) is 43.2 Å². The highest BCUT2D eigenvalue weighted by Crippen LogP contribution is 2.22. The van der Waals surface area contributed by atoms with Crippen molar-refractivity contribution in [3.63, 3.8) is 0 Å².